The Balaban J connectivity index is 2.70. The Morgan fingerprint density at radius 2 is 2.58 bits per heavy atom. The minimum Gasteiger partial charge on any atom is -0.378 e. The molecular weight excluding hydrogens is 176 g/mol. The number of carbonyl (C=O) groups excluding carboxylic acids is 1. The van der Waals surface area contributed by atoms with Crippen molar-refractivity contribution in [3.05, 3.63) is 16.1 Å². The number of ether oxygens (including phenoxy) is 1. The van der Waals surface area contributed by atoms with Crippen LogP contribution in [0.4, 0.5) is 0 Å². The van der Waals surface area contributed by atoms with Crippen molar-refractivity contribution in [1.29, 1.82) is 0 Å². The van der Waals surface area contributed by atoms with Gasteiger partial charge in [0.05, 0.1) is 6.61 Å². The molecule has 1 aromatic heterocycles. The van der Waals surface area contributed by atoms with Gasteiger partial charge >= 0.3 is 0 Å². The second kappa shape index (κ2) is 4.18. The largest absolute Gasteiger partial charge is 0.378 e. The molecule has 0 saturated heterocycles. The van der Waals surface area contributed by atoms with E-state index < -0.39 is 0 Å². The topological polar surface area (TPSA) is 51.2 Å². The van der Waals surface area contributed by atoms with Gasteiger partial charge in [-0.3, -0.25) is 4.79 Å². The van der Waals surface area contributed by atoms with Crippen LogP contribution in [0.15, 0.2) is 5.38 Å². The first-order chi connectivity index (χ1) is 5.77. The first kappa shape index (κ1) is 9.15. The van der Waals surface area contributed by atoms with Crippen LogP contribution in [0, 0.1) is 0 Å². The highest BCUT2D eigenvalue weighted by Crippen LogP contribution is 2.09. The van der Waals surface area contributed by atoms with Crippen LogP contribution in [-0.2, 0) is 11.3 Å². The second-order valence-electron chi connectivity index (χ2n) is 2.14. The van der Waals surface area contributed by atoms with Crippen LogP contribution in [0.25, 0.3) is 0 Å². The first-order valence-electron chi connectivity index (χ1n) is 3.43. The number of thiazole rings is 1. The Labute approximate surface area is 74.6 Å². The first-order valence-corrected chi connectivity index (χ1v) is 4.31. The maximum Gasteiger partial charge on any atom is 0.270 e. The molecule has 4 nitrogen and oxygen atoms in total. The lowest BCUT2D eigenvalue weighted by Gasteiger charge is -1.92. The highest BCUT2D eigenvalue weighted by Gasteiger charge is 2.07. The molecule has 0 atom stereocenters. The van der Waals surface area contributed by atoms with Gasteiger partial charge in [-0.15, -0.1) is 11.3 Å². The summed E-state index contributed by atoms with van der Waals surface area (Å²) < 4.78 is 4.87. The lowest BCUT2D eigenvalue weighted by atomic mass is 10.5. The molecule has 0 bridgehead atoms. The molecule has 0 unspecified atom stereocenters. The summed E-state index contributed by atoms with van der Waals surface area (Å²) in [6.45, 7) is 0.460. The third-order valence-corrected chi connectivity index (χ3v) is 2.10. The summed E-state index contributed by atoms with van der Waals surface area (Å²) in [5.74, 6) is -0.159. The lowest BCUT2D eigenvalue weighted by Crippen LogP contribution is -2.18. The van der Waals surface area contributed by atoms with Gasteiger partial charge in [0, 0.05) is 19.5 Å². The molecule has 0 spiro atoms. The summed E-state index contributed by atoms with van der Waals surface area (Å²) in [5, 5.41) is 5.03. The van der Waals surface area contributed by atoms with Crippen molar-refractivity contribution in [3.8, 4) is 0 Å². The molecule has 0 aliphatic rings. The molecule has 1 N–H and O–H groups in total. The molecule has 1 rings (SSSR count). The molecule has 12 heavy (non-hydrogen) atoms. The predicted octanol–water partition coefficient (Wildman–Crippen LogP) is 0.649. The lowest BCUT2D eigenvalue weighted by molar-refractivity contribution is 0.0958. The monoisotopic (exact) mass is 186 g/mol. The summed E-state index contributed by atoms with van der Waals surface area (Å²) in [4.78, 5) is 15.1. The SMILES string of the molecule is CNC(=O)c1csc(COC)n1. The van der Waals surface area contributed by atoms with Crippen LogP contribution in [0.3, 0.4) is 0 Å². The van der Waals surface area contributed by atoms with E-state index >= 15 is 0 Å². The molecule has 5 heteroatoms. The number of hydrogen-bond acceptors (Lipinski definition) is 4. The summed E-state index contributed by atoms with van der Waals surface area (Å²) in [5.41, 5.74) is 0.453. The number of methoxy groups -OCH3 is 1. The van der Waals surface area contributed by atoms with Crippen molar-refractivity contribution in [3.63, 3.8) is 0 Å². The molecule has 0 aromatic carbocycles. The van der Waals surface area contributed by atoms with Gasteiger partial charge in [-0.2, -0.15) is 0 Å². The van der Waals surface area contributed by atoms with Gasteiger partial charge in [0.15, 0.2) is 0 Å². The molecular formula is C7H10N2O2S. The zero-order valence-corrected chi connectivity index (χ0v) is 7.77. The van der Waals surface area contributed by atoms with E-state index in [1.807, 2.05) is 0 Å². The molecule has 0 radical (unpaired) electrons. The predicted molar refractivity (Wildman–Crippen MR) is 46.2 cm³/mol. The second-order valence-corrected chi connectivity index (χ2v) is 3.08. The Bertz CT molecular complexity index is 272. The summed E-state index contributed by atoms with van der Waals surface area (Å²) >= 11 is 1.42. The molecule has 1 aromatic rings. The average molecular weight is 186 g/mol. The third kappa shape index (κ3) is 2.02. The minimum atomic E-state index is -0.159. The molecule has 0 saturated carbocycles. The fourth-order valence-corrected chi connectivity index (χ4v) is 1.48. The highest BCUT2D eigenvalue weighted by molar-refractivity contribution is 7.09. The minimum absolute atomic E-state index is 0.159. The third-order valence-electron chi connectivity index (χ3n) is 1.28. The van der Waals surface area contributed by atoms with Crippen LogP contribution in [0.5, 0.6) is 0 Å². The van der Waals surface area contributed by atoms with E-state index in [0.717, 1.165) is 5.01 Å². The normalized spacial score (nSPS) is 9.83. The molecule has 0 aliphatic heterocycles. The molecule has 0 aliphatic carbocycles. The Hall–Kier alpha value is -0.940. The number of nitrogens with one attached hydrogen (secondary N) is 1. The number of carbonyl (C=O) groups is 1. The van der Waals surface area contributed by atoms with Crippen LogP contribution < -0.4 is 5.32 Å². The van der Waals surface area contributed by atoms with Crippen molar-refractivity contribution < 1.29 is 9.53 Å². The Morgan fingerprint density at radius 3 is 3.17 bits per heavy atom. The van der Waals surface area contributed by atoms with Crippen molar-refractivity contribution in [2.24, 2.45) is 0 Å². The Morgan fingerprint density at radius 1 is 1.83 bits per heavy atom. The van der Waals surface area contributed by atoms with E-state index in [4.69, 9.17) is 4.74 Å². The van der Waals surface area contributed by atoms with E-state index in [2.05, 4.69) is 10.3 Å². The summed E-state index contributed by atoms with van der Waals surface area (Å²) in [6, 6.07) is 0. The van der Waals surface area contributed by atoms with E-state index in [-0.39, 0.29) is 5.91 Å². The van der Waals surface area contributed by atoms with Crippen molar-refractivity contribution in [2.75, 3.05) is 14.2 Å². The van der Waals surface area contributed by atoms with Gasteiger partial charge < -0.3 is 10.1 Å². The smallest absolute Gasteiger partial charge is 0.270 e. The highest BCUT2D eigenvalue weighted by atomic mass is 32.1. The van der Waals surface area contributed by atoms with Gasteiger partial charge in [0.1, 0.15) is 10.7 Å². The average Bonchev–Trinajstić information content (AvgIpc) is 2.52. The van der Waals surface area contributed by atoms with E-state index in [1.54, 1.807) is 19.5 Å². The fourth-order valence-electron chi connectivity index (χ4n) is 0.733. The number of rotatable bonds is 3. The number of amides is 1. The van der Waals surface area contributed by atoms with Gasteiger partial charge in [-0.25, -0.2) is 4.98 Å². The van der Waals surface area contributed by atoms with Crippen molar-refractivity contribution >= 4 is 17.2 Å². The molecule has 1 amide bonds. The van der Waals surface area contributed by atoms with E-state index in [1.165, 1.54) is 11.3 Å². The molecule has 1 heterocycles. The zero-order valence-electron chi connectivity index (χ0n) is 6.96. The molecule has 66 valence electrons. The van der Waals surface area contributed by atoms with Gasteiger partial charge in [0.25, 0.3) is 5.91 Å². The van der Waals surface area contributed by atoms with E-state index in [0.29, 0.717) is 12.3 Å². The fraction of sp³-hybridized carbons (Fsp3) is 0.429. The zero-order chi connectivity index (χ0) is 8.97. The van der Waals surface area contributed by atoms with Crippen LogP contribution in [0.2, 0.25) is 0 Å². The summed E-state index contributed by atoms with van der Waals surface area (Å²) in [6.07, 6.45) is 0. The molecule has 0 fully saturated rings. The number of aromatic nitrogens is 1. The number of nitrogens with zero attached hydrogens (tertiary/aromatic N) is 1. The standard InChI is InChI=1S/C7H10N2O2S/c1-8-7(10)5-4-12-6(9-5)3-11-2/h4H,3H2,1-2H3,(H,8,10). The van der Waals surface area contributed by atoms with Crippen LogP contribution >= 0.6 is 11.3 Å². The van der Waals surface area contributed by atoms with Crippen molar-refractivity contribution in [2.45, 2.75) is 6.61 Å². The maximum absolute atomic E-state index is 11.0. The quantitative estimate of drug-likeness (QED) is 0.754. The van der Waals surface area contributed by atoms with Gasteiger partial charge in [0.2, 0.25) is 0 Å². The van der Waals surface area contributed by atoms with Crippen molar-refractivity contribution in [1.82, 2.24) is 10.3 Å². The van der Waals surface area contributed by atoms with Crippen LogP contribution in [0.1, 0.15) is 15.5 Å². The van der Waals surface area contributed by atoms with Crippen LogP contribution in [-0.4, -0.2) is 25.0 Å². The van der Waals surface area contributed by atoms with Gasteiger partial charge in [-0.05, 0) is 0 Å². The number of hydrogen-bond donors (Lipinski definition) is 1. The summed E-state index contributed by atoms with van der Waals surface area (Å²) in [7, 11) is 3.18. The van der Waals surface area contributed by atoms with Gasteiger partial charge in [-0.1, -0.05) is 0 Å². The van der Waals surface area contributed by atoms with E-state index in [9.17, 15) is 4.79 Å². The Kier molecular flexibility index (Phi) is 3.19. The maximum atomic E-state index is 11.0.